The summed E-state index contributed by atoms with van der Waals surface area (Å²) in [5.74, 6) is -5.80. The van der Waals surface area contributed by atoms with Gasteiger partial charge >= 0.3 is 0 Å². The Morgan fingerprint density at radius 2 is 1.72 bits per heavy atom. The zero-order valence-electron chi connectivity index (χ0n) is 15.3. The Morgan fingerprint density at radius 3 is 2.41 bits per heavy atom. The second-order valence-electron chi connectivity index (χ2n) is 5.99. The third-order valence-corrected chi connectivity index (χ3v) is 4.15. The molecule has 5 nitrogen and oxygen atoms in total. The number of para-hydroxylation sites is 1. The van der Waals surface area contributed by atoms with Gasteiger partial charge in [0.25, 0.3) is 11.8 Å². The Morgan fingerprint density at radius 1 is 1.00 bits per heavy atom. The molecule has 2 aromatic carbocycles. The van der Waals surface area contributed by atoms with E-state index in [-0.39, 0.29) is 17.2 Å². The molecule has 1 N–H and O–H groups in total. The SMILES string of the molecule is CCN(C(=O)c1ccnc(C(=O)Nc2ccc(F)c(F)c2F)c1)c1ccccc1. The van der Waals surface area contributed by atoms with Crippen molar-refractivity contribution in [2.75, 3.05) is 16.8 Å². The zero-order chi connectivity index (χ0) is 21.0. The molecule has 2 amide bonds. The van der Waals surface area contributed by atoms with Gasteiger partial charge in [-0.05, 0) is 43.3 Å². The number of carbonyl (C=O) groups excluding carboxylic acids is 2. The summed E-state index contributed by atoms with van der Waals surface area (Å²) >= 11 is 0. The van der Waals surface area contributed by atoms with E-state index in [2.05, 4.69) is 10.3 Å². The lowest BCUT2D eigenvalue weighted by Gasteiger charge is -2.21. The number of hydrogen-bond donors (Lipinski definition) is 1. The average molecular weight is 399 g/mol. The highest BCUT2D eigenvalue weighted by molar-refractivity contribution is 6.08. The summed E-state index contributed by atoms with van der Waals surface area (Å²) in [5.41, 5.74) is 0.171. The average Bonchev–Trinajstić information content (AvgIpc) is 2.75. The van der Waals surface area contributed by atoms with E-state index in [0.29, 0.717) is 18.3 Å². The summed E-state index contributed by atoms with van der Waals surface area (Å²) in [7, 11) is 0. The van der Waals surface area contributed by atoms with E-state index in [1.165, 1.54) is 23.2 Å². The molecule has 0 fully saturated rings. The first-order valence-corrected chi connectivity index (χ1v) is 8.70. The van der Waals surface area contributed by atoms with Crippen molar-refractivity contribution in [3.05, 3.63) is 89.5 Å². The largest absolute Gasteiger partial charge is 0.318 e. The summed E-state index contributed by atoms with van der Waals surface area (Å²) in [5, 5.41) is 2.13. The first kappa shape index (κ1) is 20.1. The lowest BCUT2D eigenvalue weighted by molar-refractivity contribution is 0.0988. The molecule has 8 heteroatoms. The zero-order valence-corrected chi connectivity index (χ0v) is 15.3. The predicted molar refractivity (Wildman–Crippen MR) is 102 cm³/mol. The van der Waals surface area contributed by atoms with E-state index in [4.69, 9.17) is 0 Å². The van der Waals surface area contributed by atoms with Gasteiger partial charge < -0.3 is 10.2 Å². The van der Waals surface area contributed by atoms with E-state index in [9.17, 15) is 22.8 Å². The molecule has 3 rings (SSSR count). The number of hydrogen-bond acceptors (Lipinski definition) is 3. The van der Waals surface area contributed by atoms with E-state index in [1.807, 2.05) is 13.0 Å². The standard InChI is InChI=1S/C21H16F3N3O2/c1-2-27(14-6-4-3-5-7-14)21(29)13-10-11-25-17(12-13)20(28)26-16-9-8-15(22)18(23)19(16)24/h3-12H,2H2,1H3,(H,26,28). The number of aromatic nitrogens is 1. The normalized spacial score (nSPS) is 10.5. The van der Waals surface area contributed by atoms with E-state index < -0.39 is 29.0 Å². The number of amides is 2. The second-order valence-corrected chi connectivity index (χ2v) is 5.99. The number of nitrogens with zero attached hydrogens (tertiary/aromatic N) is 2. The van der Waals surface area contributed by atoms with Crippen LogP contribution in [0.15, 0.2) is 60.8 Å². The summed E-state index contributed by atoms with van der Waals surface area (Å²) in [4.78, 5) is 30.6. The Balaban J connectivity index is 1.84. The van der Waals surface area contributed by atoms with Gasteiger partial charge in [0.2, 0.25) is 0 Å². The van der Waals surface area contributed by atoms with Gasteiger partial charge in [-0.3, -0.25) is 14.6 Å². The molecule has 29 heavy (non-hydrogen) atoms. The van der Waals surface area contributed by atoms with Crippen molar-refractivity contribution in [3.8, 4) is 0 Å². The van der Waals surface area contributed by atoms with Crippen LogP contribution in [0.25, 0.3) is 0 Å². The van der Waals surface area contributed by atoms with Crippen LogP contribution < -0.4 is 10.2 Å². The van der Waals surface area contributed by atoms with Crippen molar-refractivity contribution < 1.29 is 22.8 Å². The fourth-order valence-corrected chi connectivity index (χ4v) is 2.70. The number of nitrogens with one attached hydrogen (secondary N) is 1. The van der Waals surface area contributed by atoms with Gasteiger partial charge in [0.05, 0.1) is 5.69 Å². The minimum Gasteiger partial charge on any atom is -0.318 e. The van der Waals surface area contributed by atoms with Crippen molar-refractivity contribution in [1.29, 1.82) is 0 Å². The topological polar surface area (TPSA) is 62.3 Å². The molecule has 0 atom stereocenters. The smallest absolute Gasteiger partial charge is 0.274 e. The van der Waals surface area contributed by atoms with Crippen molar-refractivity contribution in [3.63, 3.8) is 0 Å². The molecule has 0 radical (unpaired) electrons. The van der Waals surface area contributed by atoms with E-state index in [0.717, 1.165) is 6.07 Å². The van der Waals surface area contributed by atoms with Crippen LogP contribution in [-0.2, 0) is 0 Å². The number of anilines is 2. The molecule has 0 saturated heterocycles. The molecule has 1 aromatic heterocycles. The van der Waals surface area contributed by atoms with Crippen LogP contribution in [0, 0.1) is 17.5 Å². The van der Waals surface area contributed by atoms with Crippen LogP contribution in [-0.4, -0.2) is 23.3 Å². The number of carbonyl (C=O) groups is 2. The van der Waals surface area contributed by atoms with Gasteiger partial charge in [-0.2, -0.15) is 0 Å². The Hall–Kier alpha value is -3.68. The Kier molecular flexibility index (Phi) is 5.92. The second kappa shape index (κ2) is 8.55. The van der Waals surface area contributed by atoms with Crippen molar-refractivity contribution in [1.82, 2.24) is 4.98 Å². The Bertz CT molecular complexity index is 1060. The summed E-state index contributed by atoms with van der Waals surface area (Å²) in [6.07, 6.45) is 1.27. The maximum atomic E-state index is 13.8. The van der Waals surface area contributed by atoms with Gasteiger partial charge in [-0.25, -0.2) is 13.2 Å². The maximum Gasteiger partial charge on any atom is 0.274 e. The van der Waals surface area contributed by atoms with Gasteiger partial charge in [0.1, 0.15) is 5.69 Å². The van der Waals surface area contributed by atoms with Crippen molar-refractivity contribution >= 4 is 23.2 Å². The lowest BCUT2D eigenvalue weighted by Crippen LogP contribution is -2.31. The monoisotopic (exact) mass is 399 g/mol. The number of pyridine rings is 1. The highest BCUT2D eigenvalue weighted by Gasteiger charge is 2.20. The van der Waals surface area contributed by atoms with Gasteiger partial charge in [-0.1, -0.05) is 18.2 Å². The van der Waals surface area contributed by atoms with Crippen LogP contribution in [0.5, 0.6) is 0 Å². The van der Waals surface area contributed by atoms with Crippen LogP contribution in [0.3, 0.4) is 0 Å². The minimum absolute atomic E-state index is 0.177. The maximum absolute atomic E-state index is 13.8. The molecule has 3 aromatic rings. The summed E-state index contributed by atoms with van der Waals surface area (Å²) in [6, 6.07) is 13.3. The van der Waals surface area contributed by atoms with Gasteiger partial charge in [0.15, 0.2) is 17.5 Å². The lowest BCUT2D eigenvalue weighted by atomic mass is 10.1. The van der Waals surface area contributed by atoms with Crippen LogP contribution in [0.1, 0.15) is 27.8 Å². The van der Waals surface area contributed by atoms with Crippen molar-refractivity contribution in [2.45, 2.75) is 6.92 Å². The molecular weight excluding hydrogens is 383 g/mol. The third-order valence-electron chi connectivity index (χ3n) is 4.15. The molecule has 0 aliphatic rings. The molecule has 0 bridgehead atoms. The Labute approximate surface area is 164 Å². The van der Waals surface area contributed by atoms with Crippen LogP contribution in [0.4, 0.5) is 24.5 Å². The van der Waals surface area contributed by atoms with Crippen LogP contribution >= 0.6 is 0 Å². The predicted octanol–water partition coefficient (Wildman–Crippen LogP) is 4.42. The van der Waals surface area contributed by atoms with Gasteiger partial charge in [0, 0.05) is 24.0 Å². The van der Waals surface area contributed by atoms with E-state index in [1.54, 1.807) is 24.3 Å². The number of rotatable bonds is 5. The highest BCUT2D eigenvalue weighted by Crippen LogP contribution is 2.21. The molecule has 0 aliphatic carbocycles. The molecule has 0 saturated carbocycles. The molecular formula is C21H16F3N3O2. The minimum atomic E-state index is -1.69. The summed E-state index contributed by atoms with van der Waals surface area (Å²) < 4.78 is 40.1. The molecule has 0 spiro atoms. The first-order chi connectivity index (χ1) is 13.9. The molecule has 0 aliphatic heterocycles. The van der Waals surface area contributed by atoms with E-state index >= 15 is 0 Å². The van der Waals surface area contributed by atoms with Crippen molar-refractivity contribution in [2.24, 2.45) is 0 Å². The first-order valence-electron chi connectivity index (χ1n) is 8.70. The fraction of sp³-hybridized carbons (Fsp3) is 0.0952. The number of benzene rings is 2. The third kappa shape index (κ3) is 4.26. The quantitative estimate of drug-likeness (QED) is 0.646. The summed E-state index contributed by atoms with van der Waals surface area (Å²) in [6.45, 7) is 2.21. The molecule has 0 unspecified atom stereocenters. The highest BCUT2D eigenvalue weighted by atomic mass is 19.2. The van der Waals surface area contributed by atoms with Crippen LogP contribution in [0.2, 0.25) is 0 Å². The molecule has 148 valence electrons. The molecule has 1 heterocycles. The number of halogens is 3. The fourth-order valence-electron chi connectivity index (χ4n) is 2.70. The van der Waals surface area contributed by atoms with Gasteiger partial charge in [-0.15, -0.1) is 0 Å².